The van der Waals surface area contributed by atoms with Crippen LogP contribution in [0.15, 0.2) is 12.1 Å². The van der Waals surface area contributed by atoms with Gasteiger partial charge in [0.15, 0.2) is 0 Å². The summed E-state index contributed by atoms with van der Waals surface area (Å²) in [4.78, 5) is 15.4. The Labute approximate surface area is 139 Å². The highest BCUT2D eigenvalue weighted by molar-refractivity contribution is 7.99. The molecule has 1 aromatic rings. The summed E-state index contributed by atoms with van der Waals surface area (Å²) in [6.07, 6.45) is 3.75. The molecule has 3 rings (SSSR count). The highest BCUT2D eigenvalue weighted by Gasteiger charge is 2.27. The number of hydrogen-bond donors (Lipinski definition) is 1. The van der Waals surface area contributed by atoms with Gasteiger partial charge in [-0.3, -0.25) is 9.69 Å². The Balaban J connectivity index is 1.40. The third-order valence-electron chi connectivity index (χ3n) is 4.42. The molecule has 2 saturated heterocycles. The Hall–Kier alpha value is -0.230. The number of carbonyl (C=O) groups is 1. The molecule has 116 valence electrons. The minimum absolute atomic E-state index is 0.0153. The van der Waals surface area contributed by atoms with Gasteiger partial charge in [0.1, 0.15) is 0 Å². The van der Waals surface area contributed by atoms with Crippen LogP contribution in [0.1, 0.15) is 28.9 Å². The van der Waals surface area contributed by atoms with Gasteiger partial charge < -0.3 is 5.32 Å². The predicted molar refractivity (Wildman–Crippen MR) is 91.7 cm³/mol. The first-order chi connectivity index (χ1) is 10.2. The van der Waals surface area contributed by atoms with Crippen molar-refractivity contribution in [3.8, 4) is 0 Å². The van der Waals surface area contributed by atoms with Crippen molar-refractivity contribution in [2.45, 2.75) is 25.3 Å². The van der Waals surface area contributed by atoms with E-state index in [-0.39, 0.29) is 5.91 Å². The second-order valence-corrected chi connectivity index (χ2v) is 8.68. The van der Waals surface area contributed by atoms with Crippen LogP contribution >= 0.6 is 34.7 Å². The molecular formula is C15H21ClN2OS2. The molecule has 6 heteroatoms. The molecule has 3 heterocycles. The molecule has 0 aliphatic carbocycles. The number of halogens is 1. The van der Waals surface area contributed by atoms with Crippen LogP contribution in [0.4, 0.5) is 0 Å². The van der Waals surface area contributed by atoms with Crippen LogP contribution in [0.3, 0.4) is 0 Å². The van der Waals surface area contributed by atoms with E-state index in [0.717, 1.165) is 12.6 Å². The number of carbonyl (C=O) groups excluding carboxylic acids is 1. The van der Waals surface area contributed by atoms with Gasteiger partial charge in [0, 0.05) is 18.3 Å². The van der Waals surface area contributed by atoms with Crippen molar-refractivity contribution >= 4 is 40.6 Å². The van der Waals surface area contributed by atoms with Crippen molar-refractivity contribution in [2.24, 2.45) is 5.92 Å². The summed E-state index contributed by atoms with van der Waals surface area (Å²) in [5.41, 5.74) is 0. The van der Waals surface area contributed by atoms with Crippen molar-refractivity contribution in [1.82, 2.24) is 10.2 Å². The minimum atomic E-state index is 0.0153. The maximum Gasteiger partial charge on any atom is 0.261 e. The Morgan fingerprint density at radius 2 is 2.14 bits per heavy atom. The zero-order chi connectivity index (χ0) is 14.7. The highest BCUT2D eigenvalue weighted by atomic mass is 35.5. The molecule has 2 fully saturated rings. The van der Waals surface area contributed by atoms with E-state index in [1.165, 1.54) is 55.2 Å². The number of piperidine rings is 1. The lowest BCUT2D eigenvalue weighted by molar-refractivity contribution is 0.0932. The monoisotopic (exact) mass is 344 g/mol. The summed E-state index contributed by atoms with van der Waals surface area (Å²) in [6, 6.07) is 4.38. The predicted octanol–water partition coefficient (Wildman–Crippen LogP) is 3.35. The number of thiophene rings is 1. The summed E-state index contributed by atoms with van der Waals surface area (Å²) in [5.74, 6) is 3.26. The molecule has 2 aliphatic rings. The summed E-state index contributed by atoms with van der Waals surface area (Å²) < 4.78 is 0.669. The van der Waals surface area contributed by atoms with Crippen LogP contribution in [-0.4, -0.2) is 48.0 Å². The zero-order valence-electron chi connectivity index (χ0n) is 12.0. The molecular weight excluding hydrogens is 324 g/mol. The van der Waals surface area contributed by atoms with Gasteiger partial charge in [-0.1, -0.05) is 11.6 Å². The zero-order valence-corrected chi connectivity index (χ0v) is 14.4. The third-order valence-corrected chi connectivity index (χ3v) is 6.79. The second-order valence-electron chi connectivity index (χ2n) is 5.81. The quantitative estimate of drug-likeness (QED) is 0.909. The number of rotatable bonds is 4. The number of nitrogens with zero attached hydrogens (tertiary/aromatic N) is 1. The van der Waals surface area contributed by atoms with Crippen LogP contribution in [0.2, 0.25) is 4.34 Å². The van der Waals surface area contributed by atoms with Crippen molar-refractivity contribution < 1.29 is 4.79 Å². The van der Waals surface area contributed by atoms with Crippen LogP contribution in [0.25, 0.3) is 0 Å². The lowest BCUT2D eigenvalue weighted by Crippen LogP contribution is -2.43. The Bertz CT molecular complexity index is 480. The smallest absolute Gasteiger partial charge is 0.261 e. The van der Waals surface area contributed by atoms with Gasteiger partial charge >= 0.3 is 0 Å². The summed E-state index contributed by atoms with van der Waals surface area (Å²) >= 11 is 9.29. The Kier molecular flexibility index (Phi) is 5.49. The van der Waals surface area contributed by atoms with Gasteiger partial charge in [0.25, 0.3) is 5.91 Å². The van der Waals surface area contributed by atoms with E-state index >= 15 is 0 Å². The van der Waals surface area contributed by atoms with Crippen LogP contribution in [0.5, 0.6) is 0 Å². The fourth-order valence-corrected chi connectivity index (χ4v) is 5.31. The van der Waals surface area contributed by atoms with Gasteiger partial charge in [-0.2, -0.15) is 11.8 Å². The Morgan fingerprint density at radius 3 is 2.76 bits per heavy atom. The topological polar surface area (TPSA) is 32.3 Å². The van der Waals surface area contributed by atoms with Gasteiger partial charge in [0.05, 0.1) is 9.21 Å². The van der Waals surface area contributed by atoms with Crippen molar-refractivity contribution in [1.29, 1.82) is 0 Å². The maximum absolute atomic E-state index is 12.0. The molecule has 1 amide bonds. The lowest BCUT2D eigenvalue weighted by atomic mass is 9.95. The molecule has 0 spiro atoms. The molecule has 2 aliphatic heterocycles. The molecule has 0 bridgehead atoms. The molecule has 21 heavy (non-hydrogen) atoms. The van der Waals surface area contributed by atoms with E-state index in [9.17, 15) is 4.79 Å². The van der Waals surface area contributed by atoms with Crippen LogP contribution in [0, 0.1) is 5.92 Å². The molecule has 1 unspecified atom stereocenters. The Morgan fingerprint density at radius 1 is 1.33 bits per heavy atom. The van der Waals surface area contributed by atoms with Gasteiger partial charge in [-0.05, 0) is 56.2 Å². The first-order valence-electron chi connectivity index (χ1n) is 7.57. The van der Waals surface area contributed by atoms with Crippen LogP contribution < -0.4 is 5.32 Å². The first-order valence-corrected chi connectivity index (χ1v) is 9.92. The van der Waals surface area contributed by atoms with Gasteiger partial charge in [-0.15, -0.1) is 11.3 Å². The average molecular weight is 345 g/mol. The third kappa shape index (κ3) is 4.15. The van der Waals surface area contributed by atoms with E-state index in [1.54, 1.807) is 12.1 Å². The van der Waals surface area contributed by atoms with Crippen molar-refractivity contribution in [3.05, 3.63) is 21.3 Å². The van der Waals surface area contributed by atoms with E-state index < -0.39 is 0 Å². The number of amides is 1. The molecule has 1 atom stereocenters. The molecule has 0 radical (unpaired) electrons. The maximum atomic E-state index is 12.0. The molecule has 0 saturated carbocycles. The first kappa shape index (κ1) is 15.7. The van der Waals surface area contributed by atoms with Crippen molar-refractivity contribution in [3.63, 3.8) is 0 Å². The number of thioether (sulfide) groups is 1. The molecule has 0 aromatic carbocycles. The number of likely N-dealkylation sites (tertiary alicyclic amines) is 1. The minimum Gasteiger partial charge on any atom is -0.351 e. The average Bonchev–Trinajstić information content (AvgIpc) is 3.16. The molecule has 3 nitrogen and oxygen atoms in total. The van der Waals surface area contributed by atoms with E-state index in [1.807, 2.05) is 0 Å². The SMILES string of the molecule is O=C(NCC1CCN(C2CCSC2)CC1)c1ccc(Cl)s1. The largest absolute Gasteiger partial charge is 0.351 e. The number of hydrogen-bond acceptors (Lipinski definition) is 4. The van der Waals surface area contributed by atoms with Crippen LogP contribution in [-0.2, 0) is 0 Å². The van der Waals surface area contributed by atoms with E-state index in [0.29, 0.717) is 15.1 Å². The summed E-state index contributed by atoms with van der Waals surface area (Å²) in [5, 5.41) is 3.06. The van der Waals surface area contributed by atoms with Crippen molar-refractivity contribution in [2.75, 3.05) is 31.1 Å². The fourth-order valence-electron chi connectivity index (χ4n) is 3.09. The van der Waals surface area contributed by atoms with Gasteiger partial charge in [-0.25, -0.2) is 0 Å². The highest BCUT2D eigenvalue weighted by Crippen LogP contribution is 2.27. The second kappa shape index (κ2) is 7.36. The lowest BCUT2D eigenvalue weighted by Gasteiger charge is -2.35. The normalized spacial score (nSPS) is 24.3. The summed E-state index contributed by atoms with van der Waals surface area (Å²) in [7, 11) is 0. The standard InChI is InChI=1S/C15H21ClN2OS2/c16-14-2-1-13(21-14)15(19)17-9-11-3-6-18(7-4-11)12-5-8-20-10-12/h1-2,11-12H,3-10H2,(H,17,19). The number of nitrogens with one attached hydrogen (secondary N) is 1. The van der Waals surface area contributed by atoms with Gasteiger partial charge in [0.2, 0.25) is 0 Å². The molecule has 1 aromatic heterocycles. The summed E-state index contributed by atoms with van der Waals surface area (Å²) in [6.45, 7) is 3.18. The van der Waals surface area contributed by atoms with E-state index in [2.05, 4.69) is 22.0 Å². The van der Waals surface area contributed by atoms with E-state index in [4.69, 9.17) is 11.6 Å². The fraction of sp³-hybridized carbons (Fsp3) is 0.667. The molecule has 1 N–H and O–H groups in total.